The molecule has 0 saturated heterocycles. The zero-order chi connectivity index (χ0) is 20.7. The summed E-state index contributed by atoms with van der Waals surface area (Å²) in [5, 5.41) is 6.59. The van der Waals surface area contributed by atoms with E-state index in [1.165, 1.54) is 17.9 Å². The summed E-state index contributed by atoms with van der Waals surface area (Å²) in [7, 11) is 1.46. The van der Waals surface area contributed by atoms with Gasteiger partial charge in [0.15, 0.2) is 0 Å². The summed E-state index contributed by atoms with van der Waals surface area (Å²) in [6.07, 6.45) is 3.30. The van der Waals surface area contributed by atoms with Crippen LogP contribution in [0.15, 0.2) is 66.7 Å². The molecular formula is C24H26ClNO2S. The molecule has 0 radical (unpaired) electrons. The van der Waals surface area contributed by atoms with Crippen LogP contribution in [-0.4, -0.2) is 30.6 Å². The number of hydrogen-bond donors (Lipinski definition) is 1. The van der Waals surface area contributed by atoms with Crippen molar-refractivity contribution in [1.29, 1.82) is 0 Å². The number of carbonyl (C=O) groups excluding carboxylic acids is 1. The average Bonchev–Trinajstić information content (AvgIpc) is 2.76. The minimum Gasteiger partial charge on any atom is -0.468 e. The number of esters is 1. The van der Waals surface area contributed by atoms with Crippen LogP contribution < -0.4 is 5.32 Å². The van der Waals surface area contributed by atoms with Crippen LogP contribution in [-0.2, 0) is 22.5 Å². The van der Waals surface area contributed by atoms with Crippen LogP contribution in [0.2, 0.25) is 5.02 Å². The van der Waals surface area contributed by atoms with E-state index in [-0.39, 0.29) is 5.97 Å². The van der Waals surface area contributed by atoms with Crippen molar-refractivity contribution in [2.45, 2.75) is 24.9 Å². The van der Waals surface area contributed by atoms with Crippen LogP contribution in [0.1, 0.15) is 17.5 Å². The van der Waals surface area contributed by atoms with Crippen molar-refractivity contribution in [2.24, 2.45) is 0 Å². The predicted molar refractivity (Wildman–Crippen MR) is 124 cm³/mol. The second kappa shape index (κ2) is 10.1. The number of hydrogen-bond acceptors (Lipinski definition) is 4. The van der Waals surface area contributed by atoms with Crippen molar-refractivity contribution in [1.82, 2.24) is 5.32 Å². The van der Waals surface area contributed by atoms with E-state index in [4.69, 9.17) is 16.3 Å². The van der Waals surface area contributed by atoms with Gasteiger partial charge in [0.25, 0.3) is 0 Å². The first kappa shape index (κ1) is 21.7. The first-order chi connectivity index (χ1) is 14.1. The van der Waals surface area contributed by atoms with Gasteiger partial charge in [-0.1, -0.05) is 66.2 Å². The van der Waals surface area contributed by atoms with Gasteiger partial charge in [-0.25, -0.2) is 0 Å². The van der Waals surface area contributed by atoms with E-state index in [9.17, 15) is 4.79 Å². The number of thioether (sulfide) groups is 1. The minimum atomic E-state index is -0.792. The summed E-state index contributed by atoms with van der Waals surface area (Å²) in [5.41, 5.74) is 1.39. The summed E-state index contributed by atoms with van der Waals surface area (Å²) < 4.78 is 5.25. The lowest BCUT2D eigenvalue weighted by molar-refractivity contribution is -0.149. The topological polar surface area (TPSA) is 38.3 Å². The molecule has 3 aromatic carbocycles. The molecule has 152 valence electrons. The van der Waals surface area contributed by atoms with E-state index < -0.39 is 5.54 Å². The van der Waals surface area contributed by atoms with Gasteiger partial charge in [-0.15, -0.1) is 0 Å². The highest BCUT2D eigenvalue weighted by atomic mass is 35.5. The molecule has 1 N–H and O–H groups in total. The predicted octanol–water partition coefficient (Wildman–Crippen LogP) is 5.49. The van der Waals surface area contributed by atoms with Gasteiger partial charge in [0.1, 0.15) is 5.54 Å². The van der Waals surface area contributed by atoms with Gasteiger partial charge < -0.3 is 4.74 Å². The second-order valence-electron chi connectivity index (χ2n) is 7.15. The molecule has 0 unspecified atom stereocenters. The maximum absolute atomic E-state index is 13.0. The molecule has 0 saturated carbocycles. The minimum absolute atomic E-state index is 0.228. The number of benzene rings is 3. The molecular weight excluding hydrogens is 402 g/mol. The Morgan fingerprint density at radius 2 is 1.72 bits per heavy atom. The van der Waals surface area contributed by atoms with Gasteiger partial charge in [-0.05, 0) is 52.5 Å². The van der Waals surface area contributed by atoms with Crippen molar-refractivity contribution in [3.05, 3.63) is 82.9 Å². The molecule has 0 aliphatic heterocycles. The van der Waals surface area contributed by atoms with E-state index in [0.717, 1.165) is 16.9 Å². The fraction of sp³-hybridized carbons (Fsp3) is 0.292. The Balaban J connectivity index is 1.90. The van der Waals surface area contributed by atoms with Crippen LogP contribution in [0.5, 0.6) is 0 Å². The Morgan fingerprint density at radius 3 is 2.41 bits per heavy atom. The number of rotatable bonds is 9. The lowest BCUT2D eigenvalue weighted by atomic mass is 9.87. The van der Waals surface area contributed by atoms with Crippen LogP contribution in [0.25, 0.3) is 10.8 Å². The van der Waals surface area contributed by atoms with Gasteiger partial charge in [0.2, 0.25) is 0 Å². The van der Waals surface area contributed by atoms with E-state index in [0.29, 0.717) is 24.4 Å². The van der Waals surface area contributed by atoms with Crippen molar-refractivity contribution in [3.8, 4) is 0 Å². The number of ether oxygens (including phenoxy) is 1. The quantitative estimate of drug-likeness (QED) is 0.458. The molecule has 0 aliphatic carbocycles. The molecule has 0 amide bonds. The normalized spacial score (nSPS) is 13.2. The molecule has 29 heavy (non-hydrogen) atoms. The van der Waals surface area contributed by atoms with Crippen LogP contribution in [0, 0.1) is 0 Å². The summed E-state index contributed by atoms with van der Waals surface area (Å²) in [6.45, 7) is 0.564. The highest BCUT2D eigenvalue weighted by Crippen LogP contribution is 2.25. The number of methoxy groups -OCH3 is 1. The van der Waals surface area contributed by atoms with Crippen molar-refractivity contribution in [2.75, 3.05) is 19.1 Å². The molecule has 0 spiro atoms. The van der Waals surface area contributed by atoms with Gasteiger partial charge in [-0.2, -0.15) is 11.8 Å². The Morgan fingerprint density at radius 1 is 1.03 bits per heavy atom. The van der Waals surface area contributed by atoms with E-state index in [2.05, 4.69) is 41.9 Å². The first-order valence-electron chi connectivity index (χ1n) is 9.61. The summed E-state index contributed by atoms with van der Waals surface area (Å²) in [5.74, 6) is 0.629. The smallest absolute Gasteiger partial charge is 0.326 e. The number of carbonyl (C=O) groups is 1. The first-order valence-corrected chi connectivity index (χ1v) is 11.4. The number of nitrogens with one attached hydrogen (secondary N) is 1. The third-order valence-electron chi connectivity index (χ3n) is 5.17. The Bertz CT molecular complexity index is 961. The molecule has 0 aliphatic rings. The Labute approximate surface area is 181 Å². The van der Waals surface area contributed by atoms with E-state index in [1.54, 1.807) is 11.8 Å². The summed E-state index contributed by atoms with van der Waals surface area (Å²) in [6, 6.07) is 22.3. The molecule has 0 bridgehead atoms. The standard InChI is InChI=1S/C24H26ClNO2S/c1-28-23(27)24(13-14-29-2,26-17-18-8-11-22(25)12-9-18)16-19-7-10-20-5-3-4-6-21(20)15-19/h3-12,15,26H,13-14,16-17H2,1-2H3/t24-/m0/s1. The van der Waals surface area contributed by atoms with Crippen LogP contribution >= 0.6 is 23.4 Å². The monoisotopic (exact) mass is 427 g/mol. The lowest BCUT2D eigenvalue weighted by Crippen LogP contribution is -2.54. The van der Waals surface area contributed by atoms with Gasteiger partial charge in [0, 0.05) is 18.0 Å². The molecule has 3 rings (SSSR count). The number of halogens is 1. The van der Waals surface area contributed by atoms with Crippen molar-refractivity contribution in [3.63, 3.8) is 0 Å². The maximum atomic E-state index is 13.0. The average molecular weight is 428 g/mol. The lowest BCUT2D eigenvalue weighted by Gasteiger charge is -2.32. The molecule has 0 fully saturated rings. The van der Waals surface area contributed by atoms with Gasteiger partial charge >= 0.3 is 5.97 Å². The SMILES string of the molecule is COC(=O)[C@](CCSC)(Cc1ccc2ccccc2c1)NCc1ccc(Cl)cc1. The third kappa shape index (κ3) is 5.53. The summed E-state index contributed by atoms with van der Waals surface area (Å²) >= 11 is 7.73. The number of fused-ring (bicyclic) bond motifs is 1. The highest BCUT2D eigenvalue weighted by molar-refractivity contribution is 7.98. The zero-order valence-electron chi connectivity index (χ0n) is 16.8. The van der Waals surface area contributed by atoms with Crippen LogP contribution in [0.4, 0.5) is 0 Å². The molecule has 3 nitrogen and oxygen atoms in total. The van der Waals surface area contributed by atoms with Crippen molar-refractivity contribution < 1.29 is 9.53 Å². The maximum Gasteiger partial charge on any atom is 0.326 e. The highest BCUT2D eigenvalue weighted by Gasteiger charge is 2.39. The molecule has 1 atom stereocenters. The van der Waals surface area contributed by atoms with E-state index in [1.807, 2.05) is 36.4 Å². The van der Waals surface area contributed by atoms with Crippen LogP contribution in [0.3, 0.4) is 0 Å². The fourth-order valence-electron chi connectivity index (χ4n) is 3.53. The van der Waals surface area contributed by atoms with Crippen molar-refractivity contribution >= 4 is 40.1 Å². The van der Waals surface area contributed by atoms with E-state index >= 15 is 0 Å². The largest absolute Gasteiger partial charge is 0.468 e. The third-order valence-corrected chi connectivity index (χ3v) is 6.04. The molecule has 0 heterocycles. The second-order valence-corrected chi connectivity index (χ2v) is 8.58. The molecule has 0 aromatic heterocycles. The fourth-order valence-corrected chi connectivity index (χ4v) is 4.21. The molecule has 5 heteroatoms. The van der Waals surface area contributed by atoms with Gasteiger partial charge in [-0.3, -0.25) is 10.1 Å². The Kier molecular flexibility index (Phi) is 7.59. The Hall–Kier alpha value is -2.01. The summed E-state index contributed by atoms with van der Waals surface area (Å²) in [4.78, 5) is 13.0. The zero-order valence-corrected chi connectivity index (χ0v) is 18.4. The molecule has 3 aromatic rings. The van der Waals surface area contributed by atoms with Gasteiger partial charge in [0.05, 0.1) is 7.11 Å².